The second-order valence-corrected chi connectivity index (χ2v) is 6.48. The van der Waals surface area contributed by atoms with Gasteiger partial charge in [0.2, 0.25) is 0 Å². The Morgan fingerprint density at radius 2 is 1.44 bits per heavy atom. The number of rotatable bonds is 11. The highest BCUT2D eigenvalue weighted by atomic mass is 16.6. The Kier molecular flexibility index (Phi) is 9.20. The van der Waals surface area contributed by atoms with Crippen molar-refractivity contribution in [1.29, 1.82) is 0 Å². The fraction of sp³-hybridized carbons (Fsp3) is 0.409. The number of hydrogen-bond donors (Lipinski definition) is 0. The molecule has 0 aliphatic rings. The van der Waals surface area contributed by atoms with Gasteiger partial charge in [-0.1, -0.05) is 43.0 Å². The van der Waals surface area contributed by atoms with Gasteiger partial charge in [0.1, 0.15) is 13.2 Å². The molecule has 5 heteroatoms. The summed E-state index contributed by atoms with van der Waals surface area (Å²) in [5, 5.41) is 0. The summed E-state index contributed by atoms with van der Waals surface area (Å²) in [6.45, 7) is 12.8. The molecule has 0 aliphatic heterocycles. The first-order valence-electron chi connectivity index (χ1n) is 8.97. The third-order valence-electron chi connectivity index (χ3n) is 4.11. The largest absolute Gasteiger partial charge is 0.461 e. The van der Waals surface area contributed by atoms with Crippen molar-refractivity contribution < 1.29 is 23.9 Å². The Morgan fingerprint density at radius 3 is 1.89 bits per heavy atom. The molecule has 27 heavy (non-hydrogen) atoms. The van der Waals surface area contributed by atoms with Gasteiger partial charge >= 0.3 is 11.9 Å². The van der Waals surface area contributed by atoms with Gasteiger partial charge in [0.05, 0.1) is 0 Å². The first kappa shape index (κ1) is 22.4. The molecule has 0 radical (unpaired) electrons. The number of ketones is 1. The zero-order chi connectivity index (χ0) is 20.4. The van der Waals surface area contributed by atoms with Crippen LogP contribution >= 0.6 is 0 Å². The fourth-order valence-corrected chi connectivity index (χ4v) is 3.03. The summed E-state index contributed by atoms with van der Waals surface area (Å²) in [5.41, 5.74) is 3.69. The molecule has 5 nitrogen and oxygen atoms in total. The minimum atomic E-state index is -1.06. The Bertz CT molecular complexity index is 670. The quantitative estimate of drug-likeness (QED) is 0.254. The zero-order valence-electron chi connectivity index (χ0n) is 16.4. The van der Waals surface area contributed by atoms with E-state index in [-0.39, 0.29) is 31.8 Å². The van der Waals surface area contributed by atoms with E-state index in [0.717, 1.165) is 16.7 Å². The van der Waals surface area contributed by atoms with Crippen LogP contribution in [0.25, 0.3) is 0 Å². The van der Waals surface area contributed by atoms with Gasteiger partial charge in [0, 0.05) is 12.0 Å². The molecular weight excluding hydrogens is 344 g/mol. The Morgan fingerprint density at radius 1 is 0.963 bits per heavy atom. The maximum atomic E-state index is 12.6. The molecule has 0 spiro atoms. The van der Waals surface area contributed by atoms with E-state index in [9.17, 15) is 14.4 Å². The van der Waals surface area contributed by atoms with E-state index < -0.39 is 17.9 Å². The third-order valence-corrected chi connectivity index (χ3v) is 4.11. The van der Waals surface area contributed by atoms with Gasteiger partial charge in [0.15, 0.2) is 11.7 Å². The van der Waals surface area contributed by atoms with Crippen molar-refractivity contribution in [2.24, 2.45) is 5.92 Å². The van der Waals surface area contributed by atoms with Crippen LogP contribution in [0.5, 0.6) is 0 Å². The smallest absolute Gasteiger partial charge is 0.320 e. The lowest BCUT2D eigenvalue weighted by Crippen LogP contribution is -2.28. The summed E-state index contributed by atoms with van der Waals surface area (Å²) < 4.78 is 9.96. The number of carbonyl (C=O) groups is 3. The van der Waals surface area contributed by atoms with E-state index in [1.54, 1.807) is 0 Å². The number of Topliss-reactive ketones (excluding diaryl/α,β-unsaturated/α-hetero) is 1. The molecular formula is C22H28O5. The van der Waals surface area contributed by atoms with Crippen LogP contribution in [0.4, 0.5) is 0 Å². The van der Waals surface area contributed by atoms with Crippen LogP contribution in [0.2, 0.25) is 0 Å². The van der Waals surface area contributed by atoms with Crippen LogP contribution in [0.15, 0.2) is 37.4 Å². The lowest BCUT2D eigenvalue weighted by molar-refractivity contribution is -0.161. The lowest BCUT2D eigenvalue weighted by Gasteiger charge is -2.15. The molecule has 0 N–H and O–H groups in total. The predicted octanol–water partition coefficient (Wildman–Crippen LogP) is 4.04. The van der Waals surface area contributed by atoms with Crippen molar-refractivity contribution in [3.8, 4) is 0 Å². The molecule has 1 aromatic carbocycles. The van der Waals surface area contributed by atoms with Gasteiger partial charge in [-0.15, -0.1) is 0 Å². The molecule has 0 aliphatic carbocycles. The maximum absolute atomic E-state index is 12.6. The van der Waals surface area contributed by atoms with Gasteiger partial charge in [-0.05, 0) is 44.7 Å². The molecule has 146 valence electrons. The minimum Gasteiger partial charge on any atom is -0.461 e. The molecule has 0 amide bonds. The average Bonchev–Trinajstić information content (AvgIpc) is 2.60. The molecule has 0 aromatic heterocycles. The van der Waals surface area contributed by atoms with E-state index in [0.29, 0.717) is 12.0 Å². The second kappa shape index (κ2) is 11.1. The van der Waals surface area contributed by atoms with Crippen LogP contribution in [-0.2, 0) is 19.1 Å². The number of esters is 2. The summed E-state index contributed by atoms with van der Waals surface area (Å²) in [4.78, 5) is 36.8. The molecule has 0 heterocycles. The van der Waals surface area contributed by atoms with Gasteiger partial charge in [-0.3, -0.25) is 14.4 Å². The molecule has 0 atom stereocenters. The van der Waals surface area contributed by atoms with E-state index in [1.807, 2.05) is 32.9 Å². The first-order chi connectivity index (χ1) is 12.8. The summed E-state index contributed by atoms with van der Waals surface area (Å²) in [6, 6.07) is 3.95. The van der Waals surface area contributed by atoms with Crippen molar-refractivity contribution in [3.05, 3.63) is 59.7 Å². The molecule has 1 aromatic rings. The van der Waals surface area contributed by atoms with Crippen LogP contribution < -0.4 is 0 Å². The van der Waals surface area contributed by atoms with E-state index in [2.05, 4.69) is 13.2 Å². The average molecular weight is 372 g/mol. The summed E-state index contributed by atoms with van der Waals surface area (Å²) in [6.07, 6.45) is 3.65. The topological polar surface area (TPSA) is 69.7 Å². The summed E-state index contributed by atoms with van der Waals surface area (Å²) >= 11 is 0. The van der Waals surface area contributed by atoms with E-state index in [4.69, 9.17) is 9.47 Å². The standard InChI is InChI=1S/C22H28O5/c1-6-11-26-21(24)18(22(25)27-12-7-2)9-8-10-19(23)20-16(4)13-15(3)14-17(20)5/h6-7,13-14,18H,1-2,8-12H2,3-5H3. The maximum Gasteiger partial charge on any atom is 0.320 e. The van der Waals surface area contributed by atoms with Crippen molar-refractivity contribution in [2.75, 3.05) is 13.2 Å². The lowest BCUT2D eigenvalue weighted by atomic mass is 9.93. The third kappa shape index (κ3) is 6.85. The first-order valence-corrected chi connectivity index (χ1v) is 8.97. The van der Waals surface area contributed by atoms with Gasteiger partial charge in [-0.25, -0.2) is 0 Å². The van der Waals surface area contributed by atoms with Crippen LogP contribution in [0, 0.1) is 26.7 Å². The highest BCUT2D eigenvalue weighted by molar-refractivity contribution is 5.99. The van der Waals surface area contributed by atoms with Gasteiger partial charge in [-0.2, -0.15) is 0 Å². The van der Waals surface area contributed by atoms with E-state index in [1.165, 1.54) is 12.2 Å². The molecule has 0 fully saturated rings. The minimum absolute atomic E-state index is 0.00247. The van der Waals surface area contributed by atoms with Crippen LogP contribution in [0.1, 0.15) is 46.3 Å². The second-order valence-electron chi connectivity index (χ2n) is 6.48. The Labute approximate surface area is 161 Å². The van der Waals surface area contributed by atoms with Crippen LogP contribution in [0.3, 0.4) is 0 Å². The molecule has 0 unspecified atom stereocenters. The van der Waals surface area contributed by atoms with Crippen molar-refractivity contribution in [1.82, 2.24) is 0 Å². The highest BCUT2D eigenvalue weighted by Gasteiger charge is 2.29. The molecule has 0 bridgehead atoms. The molecule has 1 rings (SSSR count). The van der Waals surface area contributed by atoms with Crippen molar-refractivity contribution >= 4 is 17.7 Å². The number of aryl methyl sites for hydroxylation is 3. The monoisotopic (exact) mass is 372 g/mol. The van der Waals surface area contributed by atoms with E-state index >= 15 is 0 Å². The number of hydrogen-bond acceptors (Lipinski definition) is 5. The summed E-state index contributed by atoms with van der Waals surface area (Å²) in [5.74, 6) is -2.39. The number of ether oxygens (including phenoxy) is 2. The molecule has 0 saturated heterocycles. The SMILES string of the molecule is C=CCOC(=O)C(CCCC(=O)c1c(C)cc(C)cc1C)C(=O)OCC=C. The van der Waals surface area contributed by atoms with Crippen LogP contribution in [-0.4, -0.2) is 30.9 Å². The van der Waals surface area contributed by atoms with Crippen molar-refractivity contribution in [3.63, 3.8) is 0 Å². The fourth-order valence-electron chi connectivity index (χ4n) is 3.03. The van der Waals surface area contributed by atoms with Crippen molar-refractivity contribution in [2.45, 2.75) is 40.0 Å². The zero-order valence-corrected chi connectivity index (χ0v) is 16.4. The highest BCUT2D eigenvalue weighted by Crippen LogP contribution is 2.21. The Hall–Kier alpha value is -2.69. The summed E-state index contributed by atoms with van der Waals surface area (Å²) in [7, 11) is 0. The predicted molar refractivity (Wildman–Crippen MR) is 105 cm³/mol. The number of carbonyl (C=O) groups excluding carboxylic acids is 3. The normalized spacial score (nSPS) is 10.4. The van der Waals surface area contributed by atoms with Gasteiger partial charge in [0.25, 0.3) is 0 Å². The van der Waals surface area contributed by atoms with Gasteiger partial charge < -0.3 is 9.47 Å². The number of benzene rings is 1. The molecule has 0 saturated carbocycles. The Balaban J connectivity index is 2.75.